The highest BCUT2D eigenvalue weighted by Crippen LogP contribution is 2.30. The van der Waals surface area contributed by atoms with Gasteiger partial charge in [0, 0.05) is 31.0 Å². The number of halogens is 2. The van der Waals surface area contributed by atoms with Crippen molar-refractivity contribution in [1.29, 1.82) is 0 Å². The smallest absolute Gasteiger partial charge is 0.338 e. The van der Waals surface area contributed by atoms with E-state index in [4.69, 9.17) is 37.4 Å². The highest BCUT2D eigenvalue weighted by atomic mass is 35.5. The molecule has 32 heavy (non-hydrogen) atoms. The van der Waals surface area contributed by atoms with E-state index in [1.54, 1.807) is 0 Å². The highest BCUT2D eigenvalue weighted by Gasteiger charge is 2.42. The second-order valence-electron chi connectivity index (χ2n) is 7.12. The van der Waals surface area contributed by atoms with Gasteiger partial charge in [-0.1, -0.05) is 23.2 Å². The number of nitrogens with zero attached hydrogens (tertiary/aromatic N) is 1. The van der Waals surface area contributed by atoms with Crippen LogP contribution in [0.15, 0.2) is 36.4 Å². The number of carbonyl (C=O) groups excluding carboxylic acids is 3. The molecular weight excluding hydrogens is 467 g/mol. The predicted molar refractivity (Wildman–Crippen MR) is 113 cm³/mol. The van der Waals surface area contributed by atoms with E-state index in [0.29, 0.717) is 0 Å². The van der Waals surface area contributed by atoms with E-state index in [9.17, 15) is 24.5 Å². The van der Waals surface area contributed by atoms with Crippen LogP contribution in [0.5, 0.6) is 5.75 Å². The number of ether oxygens (including phenoxy) is 3. The summed E-state index contributed by atoms with van der Waals surface area (Å²) in [7, 11) is 0. The average molecular weight is 483 g/mol. The van der Waals surface area contributed by atoms with Gasteiger partial charge in [-0.15, -0.1) is 0 Å². The number of non-ortho nitro benzene ring substituents is 1. The molecule has 3 rings (SSSR count). The number of nitrogens with one attached hydrogen (secondary N) is 1. The number of nitro benzene ring substituents is 1. The molecule has 1 fully saturated rings. The summed E-state index contributed by atoms with van der Waals surface area (Å²) >= 11 is 12.0. The first-order valence-corrected chi connectivity index (χ1v) is 9.87. The van der Waals surface area contributed by atoms with Gasteiger partial charge >= 0.3 is 11.9 Å². The monoisotopic (exact) mass is 482 g/mol. The maximum Gasteiger partial charge on any atom is 0.338 e. The van der Waals surface area contributed by atoms with E-state index < -0.39 is 41.1 Å². The average Bonchev–Trinajstić information content (AvgIpc) is 2.95. The lowest BCUT2D eigenvalue weighted by Gasteiger charge is -2.15. The number of benzene rings is 2. The minimum atomic E-state index is -1.16. The molecule has 1 aliphatic heterocycles. The molecule has 1 unspecified atom stereocenters. The summed E-state index contributed by atoms with van der Waals surface area (Å²) in [5.74, 6) is -3.55. The Balaban J connectivity index is 1.76. The summed E-state index contributed by atoms with van der Waals surface area (Å²) in [6.07, 6.45) is -1.57. The van der Waals surface area contributed by atoms with Crippen LogP contribution in [-0.2, 0) is 19.1 Å². The van der Waals surface area contributed by atoms with E-state index >= 15 is 0 Å². The van der Waals surface area contributed by atoms with Gasteiger partial charge in [0.15, 0.2) is 6.10 Å². The van der Waals surface area contributed by atoms with E-state index in [0.717, 1.165) is 6.07 Å². The van der Waals surface area contributed by atoms with E-state index in [-0.39, 0.29) is 32.7 Å². The maximum atomic E-state index is 12.8. The van der Waals surface area contributed by atoms with Crippen molar-refractivity contribution in [3.8, 4) is 5.75 Å². The summed E-state index contributed by atoms with van der Waals surface area (Å²) in [5.41, 5.74) is -0.249. The molecule has 2 aromatic rings. The third kappa shape index (κ3) is 5.52. The molecular formula is C20H16Cl2N2O8. The number of cyclic esters (lactones) is 1. The Hall–Kier alpha value is -3.21. The molecule has 0 aromatic heterocycles. The van der Waals surface area contributed by atoms with E-state index in [1.165, 1.54) is 44.2 Å². The highest BCUT2D eigenvalue weighted by molar-refractivity contribution is 6.34. The number of esters is 2. The molecule has 1 heterocycles. The minimum absolute atomic E-state index is 0.0624. The van der Waals surface area contributed by atoms with Crippen molar-refractivity contribution < 1.29 is 33.5 Å². The topological polar surface area (TPSA) is 134 Å². The third-order valence-electron chi connectivity index (χ3n) is 4.21. The molecule has 1 atom stereocenters. The lowest BCUT2D eigenvalue weighted by molar-refractivity contribution is -0.384. The van der Waals surface area contributed by atoms with Crippen LogP contribution in [0.4, 0.5) is 11.4 Å². The molecule has 0 aliphatic carbocycles. The molecule has 0 bridgehead atoms. The quantitative estimate of drug-likeness (QED) is 0.281. The Morgan fingerprint density at radius 2 is 1.94 bits per heavy atom. The van der Waals surface area contributed by atoms with Crippen molar-refractivity contribution in [1.82, 2.24) is 0 Å². The second-order valence-corrected chi connectivity index (χ2v) is 7.97. The van der Waals surface area contributed by atoms with Crippen molar-refractivity contribution in [2.75, 3.05) is 5.32 Å². The molecule has 1 amide bonds. The van der Waals surface area contributed by atoms with Crippen LogP contribution in [0.2, 0.25) is 10.0 Å². The van der Waals surface area contributed by atoms with E-state index in [1.807, 2.05) is 0 Å². The van der Waals surface area contributed by atoms with Gasteiger partial charge in [0.05, 0.1) is 27.6 Å². The summed E-state index contributed by atoms with van der Waals surface area (Å²) in [6.45, 7) is 3.06. The molecule has 0 radical (unpaired) electrons. The van der Waals surface area contributed by atoms with Gasteiger partial charge in [-0.25, -0.2) is 4.79 Å². The first-order chi connectivity index (χ1) is 14.9. The zero-order chi connectivity index (χ0) is 23.6. The Labute approximate surface area is 191 Å². The van der Waals surface area contributed by atoms with E-state index in [2.05, 4.69) is 5.32 Å². The lowest BCUT2D eigenvalue weighted by atomic mass is 10.1. The van der Waals surface area contributed by atoms with Crippen LogP contribution in [0, 0.1) is 10.1 Å². The lowest BCUT2D eigenvalue weighted by Crippen LogP contribution is -2.25. The molecule has 12 heteroatoms. The van der Waals surface area contributed by atoms with Gasteiger partial charge in [-0.3, -0.25) is 19.7 Å². The van der Waals surface area contributed by atoms with Crippen LogP contribution in [0.1, 0.15) is 30.6 Å². The predicted octanol–water partition coefficient (Wildman–Crippen LogP) is 4.13. The van der Waals surface area contributed by atoms with Crippen LogP contribution < -0.4 is 10.1 Å². The number of hydrogen-bond acceptors (Lipinski definition) is 8. The van der Waals surface area contributed by atoms with Crippen LogP contribution in [0.25, 0.3) is 0 Å². The van der Waals surface area contributed by atoms with Gasteiger partial charge in [0.2, 0.25) is 5.79 Å². The SMILES string of the molecule is CC1(C)OC(=O)C(CC(=O)Oc2ccc(Cl)cc2C(=O)Nc2ccc([N+](=O)[O-])cc2Cl)O1. The number of amides is 1. The summed E-state index contributed by atoms with van der Waals surface area (Å²) in [6, 6.07) is 7.50. The third-order valence-corrected chi connectivity index (χ3v) is 4.76. The van der Waals surface area contributed by atoms with Crippen LogP contribution in [-0.4, -0.2) is 34.7 Å². The number of carbonyl (C=O) groups is 3. The van der Waals surface area contributed by atoms with Crippen molar-refractivity contribution >= 4 is 52.4 Å². The van der Waals surface area contributed by atoms with Gasteiger partial charge < -0.3 is 19.5 Å². The second kappa shape index (κ2) is 9.11. The van der Waals surface area contributed by atoms with Gasteiger partial charge in [0.1, 0.15) is 5.75 Å². The molecule has 1 N–H and O–H groups in total. The Bertz CT molecular complexity index is 1120. The maximum absolute atomic E-state index is 12.8. The molecule has 168 valence electrons. The van der Waals surface area contributed by atoms with Crippen molar-refractivity contribution in [3.05, 3.63) is 62.1 Å². The Morgan fingerprint density at radius 1 is 1.22 bits per heavy atom. The zero-order valence-corrected chi connectivity index (χ0v) is 18.2. The number of hydrogen-bond donors (Lipinski definition) is 1. The van der Waals surface area contributed by atoms with Gasteiger partial charge in [0.25, 0.3) is 11.6 Å². The molecule has 0 spiro atoms. The largest absolute Gasteiger partial charge is 0.432 e. The van der Waals surface area contributed by atoms with Gasteiger partial charge in [-0.2, -0.15) is 0 Å². The van der Waals surface area contributed by atoms with Gasteiger partial charge in [-0.05, 0) is 24.3 Å². The van der Waals surface area contributed by atoms with Crippen molar-refractivity contribution in [2.45, 2.75) is 32.2 Å². The zero-order valence-electron chi connectivity index (χ0n) is 16.7. The summed E-state index contributed by atoms with van der Waals surface area (Å²) < 4.78 is 15.6. The summed E-state index contributed by atoms with van der Waals surface area (Å²) in [5, 5.41) is 13.4. The van der Waals surface area contributed by atoms with Crippen molar-refractivity contribution in [3.63, 3.8) is 0 Å². The van der Waals surface area contributed by atoms with Crippen LogP contribution >= 0.6 is 23.2 Å². The fraction of sp³-hybridized carbons (Fsp3) is 0.250. The number of nitro groups is 1. The van der Waals surface area contributed by atoms with Crippen molar-refractivity contribution in [2.24, 2.45) is 0 Å². The molecule has 1 aliphatic rings. The summed E-state index contributed by atoms with van der Waals surface area (Å²) in [4.78, 5) is 47.1. The minimum Gasteiger partial charge on any atom is -0.432 e. The number of anilines is 1. The standard InChI is InChI=1S/C20H16Cl2N2O8/c1-20(2)31-16(19(27)32-20)9-17(25)30-15-6-3-10(21)7-12(15)18(26)23-14-5-4-11(24(28)29)8-13(14)22/h3-8,16H,9H2,1-2H3,(H,23,26). The molecule has 1 saturated heterocycles. The van der Waals surface area contributed by atoms with Crippen LogP contribution in [0.3, 0.4) is 0 Å². The first-order valence-electron chi connectivity index (χ1n) is 9.11. The first kappa shape index (κ1) is 23.5. The molecule has 2 aromatic carbocycles. The number of rotatable bonds is 6. The normalized spacial score (nSPS) is 16.9. The Morgan fingerprint density at radius 3 is 2.53 bits per heavy atom. The molecule has 10 nitrogen and oxygen atoms in total. The fourth-order valence-electron chi connectivity index (χ4n) is 2.84. The Kier molecular flexibility index (Phi) is 6.68. The fourth-order valence-corrected chi connectivity index (χ4v) is 3.23. The molecule has 0 saturated carbocycles.